The molecule has 0 N–H and O–H groups in total. The van der Waals surface area contributed by atoms with Gasteiger partial charge in [-0.1, -0.05) is 24.3 Å². The molecule has 1 fully saturated rings. The van der Waals surface area contributed by atoms with E-state index in [4.69, 9.17) is 14.2 Å². The number of nitrogens with zero attached hydrogens (tertiary/aromatic N) is 6. The first-order valence-corrected chi connectivity index (χ1v) is 12.8. The zero-order chi connectivity index (χ0) is 28.4. The number of methoxy groups -OCH3 is 2. The third-order valence-corrected chi connectivity index (χ3v) is 6.64. The van der Waals surface area contributed by atoms with E-state index < -0.39 is 11.9 Å². The van der Waals surface area contributed by atoms with Crippen molar-refractivity contribution in [2.24, 2.45) is 0 Å². The van der Waals surface area contributed by atoms with E-state index in [1.807, 2.05) is 6.92 Å². The van der Waals surface area contributed by atoms with Gasteiger partial charge in [0.1, 0.15) is 24.3 Å². The van der Waals surface area contributed by atoms with E-state index in [2.05, 4.69) is 24.9 Å². The standard InChI is InChI=1S/C28H29F3N6O3/c1-16-11-32-24(22-23(19-9-10-19)33-15-34-27(22)39-4)36-26(16)40-14-18-5-7-20(8-6-18)25-35-21(28(29,30)31)12-37(25)17(2)13-38-3/h5-8,11-12,15,17,19H,9-10,13-14H2,1-4H3. The number of halogens is 3. The van der Waals surface area contributed by atoms with Crippen LogP contribution < -0.4 is 9.47 Å². The molecule has 12 heteroatoms. The van der Waals surface area contributed by atoms with Gasteiger partial charge in [0.15, 0.2) is 11.5 Å². The third kappa shape index (κ3) is 5.76. The van der Waals surface area contributed by atoms with Crippen LogP contribution in [0.2, 0.25) is 0 Å². The van der Waals surface area contributed by atoms with Gasteiger partial charge in [-0.3, -0.25) is 0 Å². The van der Waals surface area contributed by atoms with Crippen molar-refractivity contribution in [2.75, 3.05) is 20.8 Å². The number of alkyl halides is 3. The molecule has 0 radical (unpaired) electrons. The predicted molar refractivity (Wildman–Crippen MR) is 140 cm³/mol. The van der Waals surface area contributed by atoms with Crippen LogP contribution in [0.25, 0.3) is 22.8 Å². The van der Waals surface area contributed by atoms with Crippen molar-refractivity contribution in [3.05, 3.63) is 65.5 Å². The first-order chi connectivity index (χ1) is 19.2. The Bertz CT molecular complexity index is 1490. The lowest BCUT2D eigenvalue weighted by atomic mass is 10.1. The Hall–Kier alpha value is -4.06. The lowest BCUT2D eigenvalue weighted by molar-refractivity contribution is -0.140. The van der Waals surface area contributed by atoms with Crippen LogP contribution in [0.1, 0.15) is 54.2 Å². The number of aromatic nitrogens is 6. The van der Waals surface area contributed by atoms with E-state index in [9.17, 15) is 13.2 Å². The number of hydrogen-bond acceptors (Lipinski definition) is 8. The van der Waals surface area contributed by atoms with E-state index in [-0.39, 0.29) is 25.1 Å². The van der Waals surface area contributed by atoms with Crippen molar-refractivity contribution >= 4 is 0 Å². The summed E-state index contributed by atoms with van der Waals surface area (Å²) in [6, 6.07) is 6.70. The average Bonchev–Trinajstić information content (AvgIpc) is 3.69. The maximum atomic E-state index is 13.4. The van der Waals surface area contributed by atoms with Crippen molar-refractivity contribution in [1.29, 1.82) is 0 Å². The Morgan fingerprint density at radius 1 is 1.02 bits per heavy atom. The molecule has 1 aromatic carbocycles. The highest BCUT2D eigenvalue weighted by molar-refractivity contribution is 5.66. The minimum absolute atomic E-state index is 0.192. The fourth-order valence-electron chi connectivity index (χ4n) is 4.41. The number of aryl methyl sites for hydroxylation is 1. The Kier molecular flexibility index (Phi) is 7.70. The first-order valence-electron chi connectivity index (χ1n) is 12.8. The van der Waals surface area contributed by atoms with Gasteiger partial charge in [0.25, 0.3) is 0 Å². The van der Waals surface area contributed by atoms with E-state index in [0.29, 0.717) is 34.6 Å². The van der Waals surface area contributed by atoms with Gasteiger partial charge in [0, 0.05) is 36.5 Å². The lowest BCUT2D eigenvalue weighted by Gasteiger charge is -2.16. The summed E-state index contributed by atoms with van der Waals surface area (Å²) in [5, 5.41) is 0. The molecule has 3 heterocycles. The summed E-state index contributed by atoms with van der Waals surface area (Å²) in [6.45, 7) is 4.07. The van der Waals surface area contributed by atoms with E-state index in [0.717, 1.165) is 35.9 Å². The maximum absolute atomic E-state index is 13.4. The highest BCUT2D eigenvalue weighted by Crippen LogP contribution is 2.45. The maximum Gasteiger partial charge on any atom is 0.434 e. The molecule has 4 aromatic rings. The third-order valence-electron chi connectivity index (χ3n) is 6.64. The number of benzene rings is 1. The number of ether oxygens (including phenoxy) is 3. The monoisotopic (exact) mass is 554 g/mol. The van der Waals surface area contributed by atoms with E-state index in [1.165, 1.54) is 18.0 Å². The average molecular weight is 555 g/mol. The van der Waals surface area contributed by atoms with Gasteiger partial charge in [0.05, 0.1) is 25.5 Å². The van der Waals surface area contributed by atoms with Crippen LogP contribution in [0, 0.1) is 6.92 Å². The Labute approximate surface area is 229 Å². The van der Waals surface area contributed by atoms with Crippen LogP contribution >= 0.6 is 0 Å². The Balaban J connectivity index is 1.37. The van der Waals surface area contributed by atoms with Crippen molar-refractivity contribution in [3.63, 3.8) is 0 Å². The second-order valence-corrected chi connectivity index (χ2v) is 9.74. The fourth-order valence-corrected chi connectivity index (χ4v) is 4.41. The molecule has 1 saturated carbocycles. The summed E-state index contributed by atoms with van der Waals surface area (Å²) >= 11 is 0. The molecule has 0 aliphatic heterocycles. The Morgan fingerprint density at radius 2 is 1.77 bits per heavy atom. The highest BCUT2D eigenvalue weighted by atomic mass is 19.4. The van der Waals surface area contributed by atoms with Gasteiger partial charge in [-0.2, -0.15) is 18.2 Å². The zero-order valence-corrected chi connectivity index (χ0v) is 22.6. The zero-order valence-electron chi connectivity index (χ0n) is 22.6. The van der Waals surface area contributed by atoms with Crippen LogP contribution in [0.3, 0.4) is 0 Å². The summed E-state index contributed by atoms with van der Waals surface area (Å²) in [7, 11) is 3.05. The van der Waals surface area contributed by atoms with Crippen LogP contribution in [0.4, 0.5) is 13.2 Å². The van der Waals surface area contributed by atoms with Gasteiger partial charge in [-0.05, 0) is 32.3 Å². The second kappa shape index (κ2) is 11.2. The molecule has 0 spiro atoms. The van der Waals surface area contributed by atoms with Crippen LogP contribution in [0.15, 0.2) is 43.0 Å². The van der Waals surface area contributed by atoms with Crippen LogP contribution in [0.5, 0.6) is 11.8 Å². The van der Waals surface area contributed by atoms with Gasteiger partial charge in [0.2, 0.25) is 11.8 Å². The van der Waals surface area contributed by atoms with Gasteiger partial charge >= 0.3 is 6.18 Å². The number of imidazole rings is 1. The topological polar surface area (TPSA) is 97.1 Å². The van der Waals surface area contributed by atoms with Gasteiger partial charge in [-0.25, -0.2) is 19.9 Å². The summed E-state index contributed by atoms with van der Waals surface area (Å²) in [5.74, 6) is 1.79. The fraction of sp³-hybridized carbons (Fsp3) is 0.393. The molecule has 0 amide bonds. The molecule has 210 valence electrons. The van der Waals surface area contributed by atoms with Crippen molar-refractivity contribution in [3.8, 4) is 34.5 Å². The molecule has 40 heavy (non-hydrogen) atoms. The highest BCUT2D eigenvalue weighted by Gasteiger charge is 2.35. The quantitative estimate of drug-likeness (QED) is 0.243. The predicted octanol–water partition coefficient (Wildman–Crippen LogP) is 5.80. The summed E-state index contributed by atoms with van der Waals surface area (Å²) in [5.41, 5.74) is 2.69. The normalized spacial score (nSPS) is 14.3. The van der Waals surface area contributed by atoms with Crippen molar-refractivity contribution < 1.29 is 27.4 Å². The SMILES string of the molecule is COCC(C)n1cc(C(F)(F)F)nc1-c1ccc(COc2nc(-c3c(OC)ncnc3C3CC3)ncc2C)cc1. The van der Waals surface area contributed by atoms with Gasteiger partial charge in [-0.15, -0.1) is 0 Å². The summed E-state index contributed by atoms with van der Waals surface area (Å²) in [6.07, 6.45) is 1.73. The number of rotatable bonds is 10. The molecule has 3 aromatic heterocycles. The molecule has 9 nitrogen and oxygen atoms in total. The second-order valence-electron chi connectivity index (χ2n) is 9.74. The molecule has 1 aliphatic carbocycles. The summed E-state index contributed by atoms with van der Waals surface area (Å²) < 4.78 is 58.4. The molecule has 0 bridgehead atoms. The molecule has 1 atom stereocenters. The van der Waals surface area contributed by atoms with Crippen LogP contribution in [-0.4, -0.2) is 50.3 Å². The van der Waals surface area contributed by atoms with Crippen molar-refractivity contribution in [1.82, 2.24) is 29.5 Å². The summed E-state index contributed by atoms with van der Waals surface area (Å²) in [4.78, 5) is 21.7. The molecule has 1 unspecified atom stereocenters. The molecule has 5 rings (SSSR count). The largest absolute Gasteiger partial charge is 0.480 e. The molecule has 0 saturated heterocycles. The molecular weight excluding hydrogens is 525 g/mol. The molecular formula is C28H29F3N6O3. The van der Waals surface area contributed by atoms with Crippen LogP contribution in [-0.2, 0) is 17.5 Å². The van der Waals surface area contributed by atoms with Crippen molar-refractivity contribution in [2.45, 2.75) is 51.4 Å². The minimum Gasteiger partial charge on any atom is -0.480 e. The number of hydrogen-bond donors (Lipinski definition) is 0. The lowest BCUT2D eigenvalue weighted by Crippen LogP contribution is -2.11. The van der Waals surface area contributed by atoms with Gasteiger partial charge < -0.3 is 18.8 Å². The molecule has 1 aliphatic rings. The van der Waals surface area contributed by atoms with E-state index in [1.54, 1.807) is 44.5 Å². The Morgan fingerprint density at radius 3 is 2.42 bits per heavy atom. The minimum atomic E-state index is -4.55. The van der Waals surface area contributed by atoms with E-state index >= 15 is 0 Å². The first kappa shape index (κ1) is 27.5. The smallest absolute Gasteiger partial charge is 0.434 e.